The van der Waals surface area contributed by atoms with E-state index in [1.54, 1.807) is 18.3 Å². The van der Waals surface area contributed by atoms with Gasteiger partial charge in [0.05, 0.1) is 12.1 Å². The van der Waals surface area contributed by atoms with E-state index in [1.165, 1.54) is 12.1 Å². The molecule has 0 aliphatic carbocycles. The summed E-state index contributed by atoms with van der Waals surface area (Å²) in [6.45, 7) is 0.316. The minimum absolute atomic E-state index is 0.0209. The molecule has 26 heavy (non-hydrogen) atoms. The smallest absolute Gasteiger partial charge is 0.442 e. The third-order valence-electron chi connectivity index (χ3n) is 4.14. The van der Waals surface area contributed by atoms with Gasteiger partial charge in [0.15, 0.2) is 0 Å². The van der Waals surface area contributed by atoms with Crippen LogP contribution in [0.25, 0.3) is 10.9 Å². The summed E-state index contributed by atoms with van der Waals surface area (Å²) in [5.41, 5.74) is -0.725. The van der Waals surface area contributed by atoms with Gasteiger partial charge in [-0.15, -0.1) is 10.2 Å². The van der Waals surface area contributed by atoms with Gasteiger partial charge in [0.1, 0.15) is 0 Å². The number of benzene rings is 2. The highest BCUT2D eigenvalue weighted by Gasteiger charge is 2.65. The molecule has 0 amide bonds. The lowest BCUT2D eigenvalue weighted by atomic mass is 10.0. The Morgan fingerprint density at radius 2 is 1.69 bits per heavy atom. The van der Waals surface area contributed by atoms with Gasteiger partial charge < -0.3 is 4.74 Å². The summed E-state index contributed by atoms with van der Waals surface area (Å²) in [7, 11) is 0. The molecule has 1 aliphatic rings. The second kappa shape index (κ2) is 6.05. The van der Waals surface area contributed by atoms with E-state index in [0.29, 0.717) is 13.0 Å². The summed E-state index contributed by atoms with van der Waals surface area (Å²) in [5, 5.41) is 7.30. The summed E-state index contributed by atoms with van der Waals surface area (Å²) in [6, 6.07) is 13.9. The maximum atomic E-state index is 13.0. The predicted molar refractivity (Wildman–Crippen MR) is 87.8 cm³/mol. The Morgan fingerprint density at radius 3 is 2.38 bits per heavy atom. The highest BCUT2D eigenvalue weighted by Crippen LogP contribution is 2.52. The van der Waals surface area contributed by atoms with Crippen LogP contribution in [0.15, 0.2) is 65.0 Å². The standard InChI is InChI=1S/C18H13F3N4O/c19-18(20,21)17(24-25-17)14-7-5-12(6-8-14)9-10-26-16-22-11-13-3-1-2-4-15(13)23-16/h1-8,11H,9-10H2. The zero-order valence-electron chi connectivity index (χ0n) is 13.4. The molecule has 2 heterocycles. The number of fused-ring (bicyclic) bond motifs is 1. The number of nitrogens with zero attached hydrogens (tertiary/aromatic N) is 4. The lowest BCUT2D eigenvalue weighted by molar-refractivity contribution is -0.166. The van der Waals surface area contributed by atoms with E-state index < -0.39 is 11.8 Å². The fourth-order valence-corrected chi connectivity index (χ4v) is 2.63. The van der Waals surface area contributed by atoms with Crippen molar-refractivity contribution in [3.63, 3.8) is 0 Å². The molecule has 1 aromatic heterocycles. The molecule has 0 saturated carbocycles. The Hall–Kier alpha value is -3.03. The number of rotatable bonds is 5. The van der Waals surface area contributed by atoms with Crippen molar-refractivity contribution < 1.29 is 17.9 Å². The second-order valence-electron chi connectivity index (χ2n) is 5.88. The summed E-state index contributed by atoms with van der Waals surface area (Å²) in [4.78, 5) is 8.44. The maximum absolute atomic E-state index is 13.0. The fraction of sp³-hybridized carbons (Fsp3) is 0.222. The molecule has 0 radical (unpaired) electrons. The first kappa shape index (κ1) is 16.4. The summed E-state index contributed by atoms with van der Waals surface area (Å²) < 4.78 is 44.4. The third kappa shape index (κ3) is 2.98. The van der Waals surface area contributed by atoms with Crippen molar-refractivity contribution in [2.75, 3.05) is 6.61 Å². The maximum Gasteiger partial charge on any atom is 0.442 e. The Balaban J connectivity index is 1.37. The fourth-order valence-electron chi connectivity index (χ4n) is 2.63. The number of hydrogen-bond acceptors (Lipinski definition) is 5. The van der Waals surface area contributed by atoms with Gasteiger partial charge in [-0.1, -0.05) is 42.5 Å². The molecule has 0 spiro atoms. The molecule has 0 unspecified atom stereocenters. The van der Waals surface area contributed by atoms with Crippen molar-refractivity contribution in [2.24, 2.45) is 10.2 Å². The monoisotopic (exact) mass is 358 g/mol. The Bertz CT molecular complexity index is 964. The van der Waals surface area contributed by atoms with Gasteiger partial charge in [0.2, 0.25) is 0 Å². The van der Waals surface area contributed by atoms with Gasteiger partial charge in [0, 0.05) is 23.6 Å². The van der Waals surface area contributed by atoms with E-state index in [0.717, 1.165) is 16.5 Å². The molecule has 3 aromatic rings. The summed E-state index contributed by atoms with van der Waals surface area (Å²) >= 11 is 0. The van der Waals surface area contributed by atoms with E-state index in [-0.39, 0.29) is 11.6 Å². The number of aromatic nitrogens is 2. The first-order valence-electron chi connectivity index (χ1n) is 7.93. The molecule has 4 rings (SSSR count). The Morgan fingerprint density at radius 1 is 0.962 bits per heavy atom. The van der Waals surface area contributed by atoms with Gasteiger partial charge in [-0.2, -0.15) is 18.2 Å². The first-order chi connectivity index (χ1) is 12.5. The van der Waals surface area contributed by atoms with Gasteiger partial charge in [0.25, 0.3) is 0 Å². The van der Waals surface area contributed by atoms with Crippen LogP contribution in [0.1, 0.15) is 11.1 Å². The van der Waals surface area contributed by atoms with Crippen LogP contribution < -0.4 is 4.74 Å². The normalized spacial score (nSPS) is 15.2. The summed E-state index contributed by atoms with van der Waals surface area (Å²) in [6.07, 6.45) is -2.31. The summed E-state index contributed by atoms with van der Waals surface area (Å²) in [5.74, 6) is 0. The van der Waals surface area contributed by atoms with E-state index in [1.807, 2.05) is 24.3 Å². The van der Waals surface area contributed by atoms with Gasteiger partial charge in [-0.3, -0.25) is 0 Å². The molecule has 0 bridgehead atoms. The van der Waals surface area contributed by atoms with Crippen molar-refractivity contribution in [3.05, 3.63) is 65.9 Å². The average molecular weight is 358 g/mol. The molecular formula is C18H13F3N4O. The van der Waals surface area contributed by atoms with E-state index in [9.17, 15) is 13.2 Å². The largest absolute Gasteiger partial charge is 0.463 e. The Labute approximate surface area is 146 Å². The number of para-hydroxylation sites is 1. The van der Waals surface area contributed by atoms with Gasteiger partial charge >= 0.3 is 17.8 Å². The van der Waals surface area contributed by atoms with Gasteiger partial charge in [-0.25, -0.2) is 4.98 Å². The second-order valence-corrected chi connectivity index (χ2v) is 5.88. The van der Waals surface area contributed by atoms with Crippen LogP contribution in [-0.4, -0.2) is 22.8 Å². The molecule has 0 atom stereocenters. The quantitative estimate of drug-likeness (QED) is 0.678. The SMILES string of the molecule is FC(F)(F)C1(c2ccc(CCOc3ncc4ccccc4n3)cc2)N=N1. The van der Waals surface area contributed by atoms with Crippen LogP contribution in [0.2, 0.25) is 0 Å². The molecule has 0 fully saturated rings. The molecule has 8 heteroatoms. The highest BCUT2D eigenvalue weighted by molar-refractivity contribution is 5.77. The minimum Gasteiger partial charge on any atom is -0.463 e. The zero-order valence-corrected chi connectivity index (χ0v) is 13.4. The molecule has 2 aromatic carbocycles. The van der Waals surface area contributed by atoms with E-state index in [4.69, 9.17) is 4.74 Å². The van der Waals surface area contributed by atoms with Crippen LogP contribution in [0, 0.1) is 0 Å². The zero-order chi connectivity index (χ0) is 18.2. The molecule has 1 aliphatic heterocycles. The molecule has 132 valence electrons. The minimum atomic E-state index is -4.51. The topological polar surface area (TPSA) is 59.7 Å². The lowest BCUT2D eigenvalue weighted by Gasteiger charge is -2.15. The van der Waals surface area contributed by atoms with Crippen molar-refractivity contribution in [2.45, 2.75) is 18.3 Å². The lowest BCUT2D eigenvalue weighted by Crippen LogP contribution is -2.30. The highest BCUT2D eigenvalue weighted by atomic mass is 19.4. The first-order valence-corrected chi connectivity index (χ1v) is 7.93. The third-order valence-corrected chi connectivity index (χ3v) is 4.14. The van der Waals surface area contributed by atoms with E-state index in [2.05, 4.69) is 20.2 Å². The molecule has 5 nitrogen and oxygen atoms in total. The van der Waals surface area contributed by atoms with Crippen LogP contribution >= 0.6 is 0 Å². The molecular weight excluding hydrogens is 345 g/mol. The predicted octanol–water partition coefficient (Wildman–Crippen LogP) is 4.43. The van der Waals surface area contributed by atoms with Crippen LogP contribution in [0.5, 0.6) is 6.01 Å². The van der Waals surface area contributed by atoms with Crippen molar-refractivity contribution in [1.82, 2.24) is 9.97 Å². The number of alkyl halides is 3. The Kier molecular flexibility index (Phi) is 3.82. The molecule has 0 N–H and O–H groups in total. The van der Waals surface area contributed by atoms with Crippen LogP contribution in [0.3, 0.4) is 0 Å². The van der Waals surface area contributed by atoms with E-state index >= 15 is 0 Å². The number of halogens is 3. The number of hydrogen-bond donors (Lipinski definition) is 0. The van der Waals surface area contributed by atoms with Crippen molar-refractivity contribution in [1.29, 1.82) is 0 Å². The van der Waals surface area contributed by atoms with Gasteiger partial charge in [-0.05, 0) is 11.6 Å². The van der Waals surface area contributed by atoms with Crippen molar-refractivity contribution in [3.8, 4) is 6.01 Å². The van der Waals surface area contributed by atoms with Crippen LogP contribution in [-0.2, 0) is 12.1 Å². The molecule has 0 saturated heterocycles. The average Bonchev–Trinajstić information content (AvgIpc) is 3.44. The number of ether oxygens (including phenoxy) is 1. The van der Waals surface area contributed by atoms with Crippen molar-refractivity contribution >= 4 is 10.9 Å². The van der Waals surface area contributed by atoms with Crippen LogP contribution in [0.4, 0.5) is 13.2 Å².